The molecule has 17 heavy (non-hydrogen) atoms. The van der Waals surface area contributed by atoms with Crippen LogP contribution in [-0.4, -0.2) is 17.0 Å². The Balaban J connectivity index is 2.37. The van der Waals surface area contributed by atoms with Crippen LogP contribution >= 0.6 is 0 Å². The van der Waals surface area contributed by atoms with Gasteiger partial charge >= 0.3 is 0 Å². The number of aromatic nitrogens is 2. The maximum atomic E-state index is 13.6. The van der Waals surface area contributed by atoms with Crippen LogP contribution in [0.15, 0.2) is 36.5 Å². The molecule has 6 heteroatoms. The molecule has 0 unspecified atom stereocenters. The highest BCUT2D eigenvalue weighted by atomic mass is 19.1. The molecule has 0 radical (unpaired) electrons. The lowest BCUT2D eigenvalue weighted by molar-refractivity contribution is 0.627. The zero-order chi connectivity index (χ0) is 12.3. The number of nitrogens with one attached hydrogen (secondary N) is 1. The Kier molecular flexibility index (Phi) is 3.15. The number of rotatable bonds is 3. The van der Waals surface area contributed by atoms with E-state index in [1.165, 1.54) is 6.07 Å². The van der Waals surface area contributed by atoms with Gasteiger partial charge in [0.25, 0.3) is 0 Å². The summed E-state index contributed by atoms with van der Waals surface area (Å²) in [6, 6.07) is 8.15. The molecule has 0 fully saturated rings. The van der Waals surface area contributed by atoms with Gasteiger partial charge in [-0.05, 0) is 18.2 Å². The number of para-hydroxylation sites is 1. The number of hydrogen-bond acceptors (Lipinski definition) is 5. The van der Waals surface area contributed by atoms with Crippen molar-refractivity contribution in [3.63, 3.8) is 0 Å². The normalized spacial score (nSPS) is 10.1. The van der Waals surface area contributed by atoms with Gasteiger partial charge in [0.05, 0.1) is 5.69 Å². The summed E-state index contributed by atoms with van der Waals surface area (Å²) < 4.78 is 13.6. The molecule has 0 bridgehead atoms. The molecule has 0 spiro atoms. The van der Waals surface area contributed by atoms with Crippen LogP contribution in [0.3, 0.4) is 0 Å². The molecule has 5 nitrogen and oxygen atoms in total. The summed E-state index contributed by atoms with van der Waals surface area (Å²) in [6.07, 6.45) is 1.55. The van der Waals surface area contributed by atoms with Gasteiger partial charge in [-0.25, -0.2) is 15.2 Å². The second-order valence-electron chi connectivity index (χ2n) is 3.39. The summed E-state index contributed by atoms with van der Waals surface area (Å²) >= 11 is 0. The predicted molar refractivity (Wildman–Crippen MR) is 64.3 cm³/mol. The third-order valence-electron chi connectivity index (χ3n) is 2.33. The first kappa shape index (κ1) is 11.3. The Morgan fingerprint density at radius 3 is 2.76 bits per heavy atom. The number of hydrogen-bond donors (Lipinski definition) is 2. The Morgan fingerprint density at radius 2 is 2.06 bits per heavy atom. The van der Waals surface area contributed by atoms with Crippen LogP contribution in [-0.2, 0) is 0 Å². The van der Waals surface area contributed by atoms with E-state index in [4.69, 9.17) is 5.84 Å². The molecule has 2 aromatic rings. The highest BCUT2D eigenvalue weighted by Gasteiger charge is 2.10. The SMILES string of the molecule is CN(c1ccnc(NN)n1)c1ccccc1F. The lowest BCUT2D eigenvalue weighted by Gasteiger charge is -2.18. The topological polar surface area (TPSA) is 67.1 Å². The minimum atomic E-state index is -0.309. The van der Waals surface area contributed by atoms with Gasteiger partial charge in [-0.2, -0.15) is 4.98 Å². The molecule has 88 valence electrons. The summed E-state index contributed by atoms with van der Waals surface area (Å²) in [4.78, 5) is 9.63. The van der Waals surface area contributed by atoms with Gasteiger partial charge in [0, 0.05) is 13.2 Å². The lowest BCUT2D eigenvalue weighted by Crippen LogP contribution is -2.16. The lowest BCUT2D eigenvalue weighted by atomic mass is 10.3. The molecular weight excluding hydrogens is 221 g/mol. The van der Waals surface area contributed by atoms with Crippen molar-refractivity contribution >= 4 is 17.5 Å². The maximum absolute atomic E-state index is 13.6. The highest BCUT2D eigenvalue weighted by molar-refractivity contribution is 5.60. The van der Waals surface area contributed by atoms with E-state index >= 15 is 0 Å². The van der Waals surface area contributed by atoms with Crippen molar-refractivity contribution in [2.75, 3.05) is 17.4 Å². The minimum absolute atomic E-state index is 0.283. The first-order valence-electron chi connectivity index (χ1n) is 5.00. The van der Waals surface area contributed by atoms with Crippen molar-refractivity contribution in [3.8, 4) is 0 Å². The summed E-state index contributed by atoms with van der Waals surface area (Å²) in [5.41, 5.74) is 2.78. The molecular formula is C11H12FN5. The first-order chi connectivity index (χ1) is 8.22. The third kappa shape index (κ3) is 2.31. The molecule has 0 aliphatic carbocycles. The number of nitrogens with zero attached hydrogens (tertiary/aromatic N) is 3. The Morgan fingerprint density at radius 1 is 1.29 bits per heavy atom. The molecule has 2 rings (SSSR count). The van der Waals surface area contributed by atoms with Crippen LogP contribution in [0, 0.1) is 5.82 Å². The molecule has 1 heterocycles. The first-order valence-corrected chi connectivity index (χ1v) is 5.00. The molecule has 0 saturated heterocycles. The van der Waals surface area contributed by atoms with Crippen molar-refractivity contribution in [3.05, 3.63) is 42.3 Å². The largest absolute Gasteiger partial charge is 0.327 e. The monoisotopic (exact) mass is 233 g/mol. The van der Waals surface area contributed by atoms with Gasteiger partial charge in [0.15, 0.2) is 0 Å². The van der Waals surface area contributed by atoms with Crippen molar-refractivity contribution < 1.29 is 4.39 Å². The van der Waals surface area contributed by atoms with E-state index < -0.39 is 0 Å². The zero-order valence-corrected chi connectivity index (χ0v) is 9.26. The van der Waals surface area contributed by atoms with Crippen LogP contribution < -0.4 is 16.2 Å². The molecule has 0 aliphatic heterocycles. The third-order valence-corrected chi connectivity index (χ3v) is 2.33. The van der Waals surface area contributed by atoms with E-state index in [1.54, 1.807) is 42.4 Å². The molecule has 3 N–H and O–H groups in total. The van der Waals surface area contributed by atoms with Gasteiger partial charge < -0.3 is 4.90 Å². The van der Waals surface area contributed by atoms with E-state index in [9.17, 15) is 4.39 Å². The Hall–Kier alpha value is -2.21. The fourth-order valence-corrected chi connectivity index (χ4v) is 1.45. The van der Waals surface area contributed by atoms with Gasteiger partial charge in [0.1, 0.15) is 11.6 Å². The van der Waals surface area contributed by atoms with Crippen LogP contribution in [0.1, 0.15) is 0 Å². The fraction of sp³-hybridized carbons (Fsp3) is 0.0909. The van der Waals surface area contributed by atoms with Crippen LogP contribution in [0.4, 0.5) is 21.8 Å². The quantitative estimate of drug-likeness (QED) is 0.623. The van der Waals surface area contributed by atoms with Crippen molar-refractivity contribution in [1.82, 2.24) is 9.97 Å². The smallest absolute Gasteiger partial charge is 0.239 e. The molecule has 0 atom stereocenters. The second-order valence-corrected chi connectivity index (χ2v) is 3.39. The van der Waals surface area contributed by atoms with Crippen LogP contribution in [0.5, 0.6) is 0 Å². The Bertz CT molecular complexity index is 517. The summed E-state index contributed by atoms with van der Waals surface area (Å²) in [7, 11) is 1.72. The zero-order valence-electron chi connectivity index (χ0n) is 9.26. The van der Waals surface area contributed by atoms with E-state index in [2.05, 4.69) is 15.4 Å². The van der Waals surface area contributed by atoms with Gasteiger partial charge in [-0.3, -0.25) is 5.43 Å². The van der Waals surface area contributed by atoms with Gasteiger partial charge in [-0.1, -0.05) is 12.1 Å². The van der Waals surface area contributed by atoms with E-state index in [1.807, 2.05) is 0 Å². The molecule has 0 amide bonds. The average Bonchev–Trinajstić information content (AvgIpc) is 2.38. The molecule has 1 aromatic carbocycles. The van der Waals surface area contributed by atoms with Crippen LogP contribution in [0.25, 0.3) is 0 Å². The van der Waals surface area contributed by atoms with Crippen molar-refractivity contribution in [2.24, 2.45) is 5.84 Å². The van der Waals surface area contributed by atoms with Crippen molar-refractivity contribution in [2.45, 2.75) is 0 Å². The summed E-state index contributed by atoms with van der Waals surface area (Å²) in [6.45, 7) is 0. The number of halogens is 1. The van der Waals surface area contributed by atoms with E-state index in [0.717, 1.165) is 0 Å². The number of nitrogen functional groups attached to an aromatic ring is 1. The second kappa shape index (κ2) is 4.75. The average molecular weight is 233 g/mol. The molecule has 0 saturated carbocycles. The number of benzene rings is 1. The van der Waals surface area contributed by atoms with E-state index in [-0.39, 0.29) is 11.8 Å². The number of anilines is 3. The standard InChI is InChI=1S/C11H12FN5/c1-17(9-5-3-2-4-8(9)12)10-6-7-14-11(15-10)16-13/h2-7H,13H2,1H3,(H,14,15,16). The summed E-state index contributed by atoms with van der Waals surface area (Å²) in [5.74, 6) is 5.75. The van der Waals surface area contributed by atoms with E-state index in [0.29, 0.717) is 11.5 Å². The Labute approximate surface area is 98.1 Å². The summed E-state index contributed by atoms with van der Waals surface area (Å²) in [5, 5.41) is 0. The highest BCUT2D eigenvalue weighted by Crippen LogP contribution is 2.24. The maximum Gasteiger partial charge on any atom is 0.239 e. The number of hydrazine groups is 1. The van der Waals surface area contributed by atoms with Gasteiger partial charge in [-0.15, -0.1) is 0 Å². The van der Waals surface area contributed by atoms with Crippen LogP contribution in [0.2, 0.25) is 0 Å². The van der Waals surface area contributed by atoms with Crippen molar-refractivity contribution in [1.29, 1.82) is 0 Å². The van der Waals surface area contributed by atoms with Gasteiger partial charge in [0.2, 0.25) is 5.95 Å². The predicted octanol–water partition coefficient (Wildman–Crippen LogP) is 1.67. The number of nitrogens with two attached hydrogens (primary N) is 1. The fourth-order valence-electron chi connectivity index (χ4n) is 1.45. The molecule has 0 aliphatic rings. The molecule has 1 aromatic heterocycles. The minimum Gasteiger partial charge on any atom is -0.327 e.